The Balaban J connectivity index is 1.98. The summed E-state index contributed by atoms with van der Waals surface area (Å²) in [5.41, 5.74) is 0.288. The minimum atomic E-state index is -1.06. The minimum absolute atomic E-state index is 0.101. The van der Waals surface area contributed by atoms with Crippen molar-refractivity contribution in [3.05, 3.63) is 80.0 Å². The van der Waals surface area contributed by atoms with Crippen molar-refractivity contribution in [2.45, 2.75) is 32.4 Å². The molecule has 0 aliphatic heterocycles. The number of amides is 1. The van der Waals surface area contributed by atoms with E-state index in [2.05, 4.69) is 10.3 Å². The van der Waals surface area contributed by atoms with E-state index in [1.807, 2.05) is 0 Å². The molecule has 0 saturated heterocycles. The van der Waals surface area contributed by atoms with E-state index in [4.69, 9.17) is 4.74 Å². The molecule has 0 aliphatic carbocycles. The molecule has 11 nitrogen and oxygen atoms in total. The highest BCUT2D eigenvalue weighted by Gasteiger charge is 2.28. The highest BCUT2D eigenvalue weighted by molar-refractivity contribution is 6.07. The normalized spacial score (nSPS) is 11.8. The van der Waals surface area contributed by atoms with Crippen LogP contribution >= 0.6 is 0 Å². The molecule has 1 unspecified atom stereocenters. The summed E-state index contributed by atoms with van der Waals surface area (Å²) in [6.07, 6.45) is 0.642. The fourth-order valence-electron chi connectivity index (χ4n) is 3.31. The van der Waals surface area contributed by atoms with Gasteiger partial charge in [-0.1, -0.05) is 18.2 Å². The zero-order chi connectivity index (χ0) is 23.4. The SMILES string of the molecule is CC(C)OC(=O)CC(NC(=O)c1c[nH]c2ccc([N+](=O)[O-])cc12)c1ccccc1[N+](=O)[O-]. The summed E-state index contributed by atoms with van der Waals surface area (Å²) >= 11 is 0. The number of carbonyl (C=O) groups is 2. The number of fused-ring (bicyclic) bond motifs is 1. The average molecular weight is 440 g/mol. The lowest BCUT2D eigenvalue weighted by atomic mass is 10.0. The number of nitro benzene ring substituents is 2. The average Bonchev–Trinajstić information content (AvgIpc) is 3.16. The molecule has 0 spiro atoms. The van der Waals surface area contributed by atoms with Gasteiger partial charge in [0, 0.05) is 35.3 Å². The Morgan fingerprint density at radius 3 is 2.47 bits per heavy atom. The van der Waals surface area contributed by atoms with Gasteiger partial charge in [0.15, 0.2) is 0 Å². The zero-order valence-electron chi connectivity index (χ0n) is 17.2. The van der Waals surface area contributed by atoms with Crippen LogP contribution in [-0.4, -0.2) is 32.8 Å². The van der Waals surface area contributed by atoms with E-state index in [1.54, 1.807) is 19.9 Å². The van der Waals surface area contributed by atoms with Crippen molar-refractivity contribution < 1.29 is 24.2 Å². The first-order chi connectivity index (χ1) is 15.2. The molecule has 0 fully saturated rings. The molecule has 11 heteroatoms. The highest BCUT2D eigenvalue weighted by atomic mass is 16.6. The van der Waals surface area contributed by atoms with Crippen LogP contribution in [0.5, 0.6) is 0 Å². The van der Waals surface area contributed by atoms with Crippen molar-refractivity contribution in [1.29, 1.82) is 0 Å². The predicted octanol–water partition coefficient (Wildman–Crippen LogP) is 3.80. The fourth-order valence-corrected chi connectivity index (χ4v) is 3.31. The highest BCUT2D eigenvalue weighted by Crippen LogP contribution is 2.29. The number of H-pyrrole nitrogens is 1. The van der Waals surface area contributed by atoms with Crippen LogP contribution in [0.2, 0.25) is 0 Å². The molecule has 1 heterocycles. The van der Waals surface area contributed by atoms with E-state index < -0.39 is 33.9 Å². The Morgan fingerprint density at radius 2 is 1.81 bits per heavy atom. The van der Waals surface area contributed by atoms with Gasteiger partial charge in [0.05, 0.1) is 39.5 Å². The van der Waals surface area contributed by atoms with Gasteiger partial charge in [0.1, 0.15) is 0 Å². The summed E-state index contributed by atoms with van der Waals surface area (Å²) in [5, 5.41) is 25.5. The summed E-state index contributed by atoms with van der Waals surface area (Å²) in [7, 11) is 0. The van der Waals surface area contributed by atoms with Crippen LogP contribution in [0.4, 0.5) is 11.4 Å². The molecular formula is C21H20N4O7. The number of para-hydroxylation sites is 1. The van der Waals surface area contributed by atoms with Gasteiger partial charge in [-0.2, -0.15) is 0 Å². The molecule has 0 bridgehead atoms. The van der Waals surface area contributed by atoms with Crippen LogP contribution in [0.15, 0.2) is 48.7 Å². The lowest BCUT2D eigenvalue weighted by Crippen LogP contribution is -2.31. The smallest absolute Gasteiger partial charge is 0.308 e. The summed E-state index contributed by atoms with van der Waals surface area (Å²) in [5.74, 6) is -1.30. The van der Waals surface area contributed by atoms with Crippen molar-refractivity contribution in [3.63, 3.8) is 0 Å². The summed E-state index contributed by atoms with van der Waals surface area (Å²) in [6.45, 7) is 3.32. The van der Waals surface area contributed by atoms with Crippen LogP contribution in [0.3, 0.4) is 0 Å². The first-order valence-corrected chi connectivity index (χ1v) is 9.66. The van der Waals surface area contributed by atoms with Gasteiger partial charge in [-0.05, 0) is 19.9 Å². The number of aromatic amines is 1. The van der Waals surface area contributed by atoms with Gasteiger partial charge < -0.3 is 15.0 Å². The summed E-state index contributed by atoms with van der Waals surface area (Å²) in [6, 6.07) is 8.74. The van der Waals surface area contributed by atoms with Crippen molar-refractivity contribution in [3.8, 4) is 0 Å². The maximum absolute atomic E-state index is 13.0. The minimum Gasteiger partial charge on any atom is -0.463 e. The second-order valence-corrected chi connectivity index (χ2v) is 7.27. The van der Waals surface area contributed by atoms with Crippen LogP contribution in [0, 0.1) is 20.2 Å². The summed E-state index contributed by atoms with van der Waals surface area (Å²) < 4.78 is 5.15. The molecule has 1 atom stereocenters. The van der Waals surface area contributed by atoms with Gasteiger partial charge in [-0.3, -0.25) is 29.8 Å². The second-order valence-electron chi connectivity index (χ2n) is 7.27. The van der Waals surface area contributed by atoms with Crippen LogP contribution in [0.1, 0.15) is 42.2 Å². The van der Waals surface area contributed by atoms with Crippen LogP contribution < -0.4 is 5.32 Å². The lowest BCUT2D eigenvalue weighted by Gasteiger charge is -2.19. The number of nitrogens with zero attached hydrogens (tertiary/aromatic N) is 2. The standard InChI is InChI=1S/C21H20N4O7/c1-12(2)32-20(26)10-18(14-5-3-4-6-19(14)25(30)31)23-21(27)16-11-22-17-8-7-13(24(28)29)9-15(16)17/h3-9,11-12,18,22H,10H2,1-2H3,(H,23,27). The first kappa shape index (κ1) is 22.4. The van der Waals surface area contributed by atoms with Crippen LogP contribution in [0.25, 0.3) is 10.9 Å². The number of non-ortho nitro benzene ring substituents is 1. The van der Waals surface area contributed by atoms with Gasteiger partial charge in [-0.15, -0.1) is 0 Å². The number of hydrogen-bond donors (Lipinski definition) is 2. The Kier molecular flexibility index (Phi) is 6.47. The number of aromatic nitrogens is 1. The zero-order valence-corrected chi connectivity index (χ0v) is 17.2. The molecule has 2 N–H and O–H groups in total. The first-order valence-electron chi connectivity index (χ1n) is 9.66. The second kappa shape index (κ2) is 9.25. The molecule has 3 aromatic rings. The fraction of sp³-hybridized carbons (Fsp3) is 0.238. The van der Waals surface area contributed by atoms with Crippen molar-refractivity contribution in [2.24, 2.45) is 0 Å². The molecule has 0 radical (unpaired) electrons. The van der Waals surface area contributed by atoms with Gasteiger partial charge in [0.25, 0.3) is 17.3 Å². The van der Waals surface area contributed by atoms with Gasteiger partial charge in [0.2, 0.25) is 0 Å². The van der Waals surface area contributed by atoms with Crippen LogP contribution in [-0.2, 0) is 9.53 Å². The monoisotopic (exact) mass is 440 g/mol. The number of nitrogens with one attached hydrogen (secondary N) is 2. The van der Waals surface area contributed by atoms with E-state index in [0.717, 1.165) is 0 Å². The number of rotatable bonds is 8. The Labute approximate surface area is 181 Å². The van der Waals surface area contributed by atoms with Crippen molar-refractivity contribution in [2.75, 3.05) is 0 Å². The largest absolute Gasteiger partial charge is 0.463 e. The molecule has 0 aliphatic rings. The maximum Gasteiger partial charge on any atom is 0.308 e. The molecule has 3 rings (SSSR count). The molecule has 166 valence electrons. The van der Waals surface area contributed by atoms with Crippen molar-refractivity contribution >= 4 is 34.2 Å². The Bertz CT molecular complexity index is 1200. The molecule has 1 aromatic heterocycles. The third-order valence-electron chi connectivity index (χ3n) is 4.67. The third-order valence-corrected chi connectivity index (χ3v) is 4.67. The molecule has 2 aromatic carbocycles. The maximum atomic E-state index is 13.0. The number of esters is 1. The quantitative estimate of drug-likeness (QED) is 0.306. The topological polar surface area (TPSA) is 157 Å². The number of benzene rings is 2. The van der Waals surface area contributed by atoms with E-state index >= 15 is 0 Å². The Morgan fingerprint density at radius 1 is 1.09 bits per heavy atom. The third kappa shape index (κ3) is 4.89. The van der Waals surface area contributed by atoms with E-state index in [-0.39, 0.29) is 28.9 Å². The summed E-state index contributed by atoms with van der Waals surface area (Å²) in [4.78, 5) is 49.6. The molecule has 1 amide bonds. The van der Waals surface area contributed by atoms with E-state index in [9.17, 15) is 29.8 Å². The number of ether oxygens (including phenoxy) is 1. The Hall–Kier alpha value is -4.28. The molecular weight excluding hydrogens is 420 g/mol. The molecule has 0 saturated carbocycles. The van der Waals surface area contributed by atoms with E-state index in [0.29, 0.717) is 10.9 Å². The van der Waals surface area contributed by atoms with Gasteiger partial charge >= 0.3 is 5.97 Å². The number of carbonyl (C=O) groups excluding carboxylic acids is 2. The number of nitro groups is 2. The molecule has 32 heavy (non-hydrogen) atoms. The van der Waals surface area contributed by atoms with Gasteiger partial charge in [-0.25, -0.2) is 0 Å². The van der Waals surface area contributed by atoms with E-state index in [1.165, 1.54) is 42.6 Å². The number of hydrogen-bond acceptors (Lipinski definition) is 7. The lowest BCUT2D eigenvalue weighted by molar-refractivity contribution is -0.385. The van der Waals surface area contributed by atoms with Crippen molar-refractivity contribution in [1.82, 2.24) is 10.3 Å². The predicted molar refractivity (Wildman–Crippen MR) is 114 cm³/mol.